The van der Waals surface area contributed by atoms with Crippen LogP contribution >= 0.6 is 22.7 Å². The van der Waals surface area contributed by atoms with E-state index in [9.17, 15) is 5.11 Å². The molecule has 0 aliphatic heterocycles. The Morgan fingerprint density at radius 3 is 2.83 bits per heavy atom. The van der Waals surface area contributed by atoms with Crippen LogP contribution in [-0.4, -0.2) is 17.3 Å². The summed E-state index contributed by atoms with van der Waals surface area (Å²) in [5, 5.41) is 17.1. The Balaban J connectivity index is 1.87. The van der Waals surface area contributed by atoms with E-state index < -0.39 is 0 Å². The third-order valence-electron chi connectivity index (χ3n) is 2.78. The molecule has 2 N–H and O–H groups in total. The smallest absolute Gasteiger partial charge is 0.0526 e. The number of rotatable bonds is 6. The highest BCUT2D eigenvalue weighted by molar-refractivity contribution is 7.14. The van der Waals surface area contributed by atoms with Crippen molar-refractivity contribution in [2.45, 2.75) is 39.0 Å². The van der Waals surface area contributed by atoms with Crippen LogP contribution in [0, 0.1) is 0 Å². The summed E-state index contributed by atoms with van der Waals surface area (Å²) in [6.07, 6.45) is 0.556. The van der Waals surface area contributed by atoms with Crippen LogP contribution in [0.1, 0.15) is 25.1 Å². The predicted octanol–water partition coefficient (Wildman–Crippen LogP) is 3.73. The molecule has 2 aromatic heterocycles. The van der Waals surface area contributed by atoms with Crippen molar-refractivity contribution in [1.29, 1.82) is 0 Å². The van der Waals surface area contributed by atoms with Gasteiger partial charge in [-0.15, -0.1) is 22.7 Å². The van der Waals surface area contributed by atoms with E-state index in [1.54, 1.807) is 22.7 Å². The molecule has 2 nitrogen and oxygen atoms in total. The highest BCUT2D eigenvalue weighted by Gasteiger charge is 2.07. The number of hydrogen-bond acceptors (Lipinski definition) is 4. The van der Waals surface area contributed by atoms with Crippen molar-refractivity contribution in [2.75, 3.05) is 0 Å². The third-order valence-corrected chi connectivity index (χ3v) is 4.63. The molecule has 0 spiro atoms. The van der Waals surface area contributed by atoms with Gasteiger partial charge in [0.05, 0.1) is 6.10 Å². The molecule has 2 unspecified atom stereocenters. The van der Waals surface area contributed by atoms with Crippen LogP contribution in [0.3, 0.4) is 0 Å². The lowest BCUT2D eigenvalue weighted by molar-refractivity contribution is 0.170. The Kier molecular flexibility index (Phi) is 4.95. The zero-order valence-corrected chi connectivity index (χ0v) is 12.4. The summed E-state index contributed by atoms with van der Waals surface area (Å²) in [6, 6.07) is 6.83. The second kappa shape index (κ2) is 6.48. The summed E-state index contributed by atoms with van der Waals surface area (Å²) in [6.45, 7) is 4.82. The SMILES string of the molecule is CC(O)CC(C)NCc1cc(-c2cccs2)cs1. The number of nitrogens with one attached hydrogen (secondary N) is 1. The first-order valence-electron chi connectivity index (χ1n) is 6.18. The van der Waals surface area contributed by atoms with Crippen molar-refractivity contribution in [3.05, 3.63) is 33.8 Å². The lowest BCUT2D eigenvalue weighted by Gasteiger charge is -2.14. The lowest BCUT2D eigenvalue weighted by atomic mass is 10.1. The molecule has 2 aromatic rings. The van der Waals surface area contributed by atoms with Gasteiger partial charge >= 0.3 is 0 Å². The Labute approximate surface area is 116 Å². The minimum Gasteiger partial charge on any atom is -0.393 e. The molecule has 0 aliphatic rings. The van der Waals surface area contributed by atoms with Gasteiger partial charge in [0, 0.05) is 27.9 Å². The second-order valence-electron chi connectivity index (χ2n) is 4.65. The first kappa shape index (κ1) is 13.7. The van der Waals surface area contributed by atoms with Gasteiger partial charge in [0.2, 0.25) is 0 Å². The summed E-state index contributed by atoms with van der Waals surface area (Å²) < 4.78 is 0. The standard InChI is InChI=1S/C14H19NOS2/c1-10(6-11(2)16)15-8-13-7-12(9-18-13)14-4-3-5-17-14/h3-5,7,9-11,15-16H,6,8H2,1-2H3. The van der Waals surface area contributed by atoms with Gasteiger partial charge in [0.25, 0.3) is 0 Å². The molecule has 0 radical (unpaired) electrons. The molecule has 2 rings (SSSR count). The topological polar surface area (TPSA) is 32.3 Å². The van der Waals surface area contributed by atoms with Crippen LogP contribution in [-0.2, 0) is 6.54 Å². The lowest BCUT2D eigenvalue weighted by Crippen LogP contribution is -2.28. The maximum Gasteiger partial charge on any atom is 0.0526 e. The minimum absolute atomic E-state index is 0.238. The van der Waals surface area contributed by atoms with E-state index in [1.165, 1.54) is 15.3 Å². The van der Waals surface area contributed by atoms with Gasteiger partial charge in [-0.25, -0.2) is 0 Å². The predicted molar refractivity (Wildman–Crippen MR) is 80.2 cm³/mol. The third kappa shape index (κ3) is 3.92. The largest absolute Gasteiger partial charge is 0.393 e. The average molecular weight is 281 g/mol. The average Bonchev–Trinajstić information content (AvgIpc) is 2.96. The van der Waals surface area contributed by atoms with Gasteiger partial charge in [0.1, 0.15) is 0 Å². The first-order valence-corrected chi connectivity index (χ1v) is 7.94. The number of aliphatic hydroxyl groups excluding tert-OH is 1. The normalized spacial score (nSPS) is 14.6. The summed E-state index contributed by atoms with van der Waals surface area (Å²) in [5.74, 6) is 0. The summed E-state index contributed by atoms with van der Waals surface area (Å²) in [4.78, 5) is 2.67. The first-order chi connectivity index (χ1) is 8.65. The Hall–Kier alpha value is -0.680. The molecule has 0 aliphatic carbocycles. The van der Waals surface area contributed by atoms with E-state index in [1.807, 2.05) is 6.92 Å². The molecule has 2 atom stereocenters. The van der Waals surface area contributed by atoms with Gasteiger partial charge in [-0.3, -0.25) is 0 Å². The van der Waals surface area contributed by atoms with E-state index in [2.05, 4.69) is 41.2 Å². The summed E-state index contributed by atoms with van der Waals surface area (Å²) in [7, 11) is 0. The molecular weight excluding hydrogens is 262 g/mol. The van der Waals surface area contributed by atoms with E-state index >= 15 is 0 Å². The highest BCUT2D eigenvalue weighted by atomic mass is 32.1. The monoisotopic (exact) mass is 281 g/mol. The maximum absolute atomic E-state index is 9.31. The quantitative estimate of drug-likeness (QED) is 0.845. The van der Waals surface area contributed by atoms with Crippen molar-refractivity contribution >= 4 is 22.7 Å². The number of hydrogen-bond donors (Lipinski definition) is 2. The van der Waals surface area contributed by atoms with Gasteiger partial charge in [-0.2, -0.15) is 0 Å². The highest BCUT2D eigenvalue weighted by Crippen LogP contribution is 2.29. The van der Waals surface area contributed by atoms with Crippen LogP contribution in [0.2, 0.25) is 0 Å². The Morgan fingerprint density at radius 1 is 1.33 bits per heavy atom. The van der Waals surface area contributed by atoms with Gasteiger partial charge in [-0.1, -0.05) is 6.07 Å². The fraction of sp³-hybridized carbons (Fsp3) is 0.429. The fourth-order valence-electron chi connectivity index (χ4n) is 1.92. The molecule has 18 heavy (non-hydrogen) atoms. The molecule has 0 saturated carbocycles. The van der Waals surface area contributed by atoms with Crippen LogP contribution in [0.5, 0.6) is 0 Å². The molecule has 2 heterocycles. The number of thiophene rings is 2. The summed E-state index contributed by atoms with van der Waals surface area (Å²) >= 11 is 3.57. The molecule has 0 amide bonds. The fourth-order valence-corrected chi connectivity index (χ4v) is 3.54. The molecule has 0 aromatic carbocycles. The van der Waals surface area contributed by atoms with Crippen LogP contribution in [0.4, 0.5) is 0 Å². The Bertz CT molecular complexity index is 462. The van der Waals surface area contributed by atoms with Crippen LogP contribution in [0.25, 0.3) is 10.4 Å². The molecular formula is C14H19NOS2. The van der Waals surface area contributed by atoms with Crippen molar-refractivity contribution in [1.82, 2.24) is 5.32 Å². The second-order valence-corrected chi connectivity index (χ2v) is 6.59. The minimum atomic E-state index is -0.238. The van der Waals surface area contributed by atoms with Crippen LogP contribution in [0.15, 0.2) is 29.0 Å². The molecule has 0 bridgehead atoms. The molecule has 98 valence electrons. The van der Waals surface area contributed by atoms with Crippen molar-refractivity contribution in [2.24, 2.45) is 0 Å². The van der Waals surface area contributed by atoms with Crippen molar-refractivity contribution in [3.8, 4) is 10.4 Å². The van der Waals surface area contributed by atoms with Gasteiger partial charge < -0.3 is 10.4 Å². The molecule has 0 fully saturated rings. The molecule has 4 heteroatoms. The van der Waals surface area contributed by atoms with Crippen molar-refractivity contribution < 1.29 is 5.11 Å². The van der Waals surface area contributed by atoms with E-state index in [4.69, 9.17) is 0 Å². The number of aliphatic hydroxyl groups is 1. The van der Waals surface area contributed by atoms with E-state index in [-0.39, 0.29) is 6.10 Å². The van der Waals surface area contributed by atoms with Gasteiger partial charge in [-0.05, 0) is 43.2 Å². The summed E-state index contributed by atoms with van der Waals surface area (Å²) in [5.41, 5.74) is 1.31. The Morgan fingerprint density at radius 2 is 2.17 bits per heavy atom. The van der Waals surface area contributed by atoms with Crippen LogP contribution < -0.4 is 5.32 Å². The van der Waals surface area contributed by atoms with E-state index in [0.717, 1.165) is 13.0 Å². The van der Waals surface area contributed by atoms with Gasteiger partial charge in [0.15, 0.2) is 0 Å². The zero-order valence-electron chi connectivity index (χ0n) is 10.7. The maximum atomic E-state index is 9.31. The van der Waals surface area contributed by atoms with Crippen molar-refractivity contribution in [3.63, 3.8) is 0 Å². The van der Waals surface area contributed by atoms with E-state index in [0.29, 0.717) is 6.04 Å². The molecule has 0 saturated heterocycles. The zero-order chi connectivity index (χ0) is 13.0.